The Balaban J connectivity index is 1.58. The van der Waals surface area contributed by atoms with Crippen LogP contribution in [0.15, 0.2) is 24.4 Å². The summed E-state index contributed by atoms with van der Waals surface area (Å²) in [4.78, 5) is 31.7. The topological polar surface area (TPSA) is 76.5 Å². The van der Waals surface area contributed by atoms with E-state index in [4.69, 9.17) is 4.74 Å². The average molecular weight is 464 g/mol. The third-order valence-electron chi connectivity index (χ3n) is 6.38. The van der Waals surface area contributed by atoms with Gasteiger partial charge in [0.25, 0.3) is 11.8 Å². The van der Waals surface area contributed by atoms with Crippen molar-refractivity contribution in [2.45, 2.75) is 64.5 Å². The zero-order valence-electron chi connectivity index (χ0n) is 18.6. The van der Waals surface area contributed by atoms with Gasteiger partial charge in [-0.15, -0.1) is 0 Å². The average Bonchev–Trinajstić information content (AvgIpc) is 3.40. The second kappa shape index (κ2) is 9.17. The van der Waals surface area contributed by atoms with Crippen molar-refractivity contribution >= 4 is 11.8 Å². The summed E-state index contributed by atoms with van der Waals surface area (Å²) in [5, 5.41) is 2.88. The summed E-state index contributed by atoms with van der Waals surface area (Å²) in [6.45, 7) is 5.68. The highest BCUT2D eigenvalue weighted by Crippen LogP contribution is 2.29. The van der Waals surface area contributed by atoms with Crippen molar-refractivity contribution in [3.63, 3.8) is 0 Å². The van der Waals surface area contributed by atoms with Crippen molar-refractivity contribution in [1.29, 1.82) is 0 Å². The molecule has 178 valence electrons. The smallest absolute Gasteiger partial charge is 0.373 e. The van der Waals surface area contributed by atoms with Gasteiger partial charge in [0.15, 0.2) is 0 Å². The minimum absolute atomic E-state index is 0.0961. The Kier molecular flexibility index (Phi) is 6.47. The second-order valence-corrected chi connectivity index (χ2v) is 8.49. The number of carbonyl (C=O) groups is 2. The number of fused-ring (bicyclic) bond motifs is 1. The molecule has 10 heteroatoms. The number of amides is 2. The molecular weight excluding hydrogens is 437 g/mol. The lowest BCUT2D eigenvalue weighted by molar-refractivity contribution is -0.141. The molecule has 1 saturated heterocycles. The highest BCUT2D eigenvalue weighted by molar-refractivity contribution is 6.01. The van der Waals surface area contributed by atoms with Crippen LogP contribution in [0.3, 0.4) is 0 Å². The van der Waals surface area contributed by atoms with Gasteiger partial charge in [-0.3, -0.25) is 14.6 Å². The lowest BCUT2D eigenvalue weighted by Crippen LogP contribution is -2.35. The van der Waals surface area contributed by atoms with E-state index < -0.39 is 23.8 Å². The summed E-state index contributed by atoms with van der Waals surface area (Å²) in [6.07, 6.45) is -1.02. The number of hydrogen-bond donors (Lipinski definition) is 1. The second-order valence-electron chi connectivity index (χ2n) is 8.49. The van der Waals surface area contributed by atoms with Crippen LogP contribution in [-0.2, 0) is 24.1 Å². The first-order valence-corrected chi connectivity index (χ1v) is 11.2. The number of halogens is 3. The fraction of sp³-hybridized carbons (Fsp3) is 0.522. The van der Waals surface area contributed by atoms with E-state index in [9.17, 15) is 22.8 Å². The first-order chi connectivity index (χ1) is 15.7. The van der Waals surface area contributed by atoms with Crippen LogP contribution in [0.4, 0.5) is 13.2 Å². The summed E-state index contributed by atoms with van der Waals surface area (Å²) in [5.74, 6) is -0.495. The summed E-state index contributed by atoms with van der Waals surface area (Å²) in [6, 6.07) is 3.48. The van der Waals surface area contributed by atoms with Gasteiger partial charge in [-0.05, 0) is 43.9 Å². The quantitative estimate of drug-likeness (QED) is 0.727. The molecule has 4 rings (SSSR count). The lowest BCUT2D eigenvalue weighted by Gasteiger charge is -2.24. The third kappa shape index (κ3) is 4.62. The predicted octanol–water partition coefficient (Wildman–Crippen LogP) is 3.94. The standard InChI is InChI=1S/C23H27F3N4O3/c1-3-17(15-6-7-20(27-12-15)23(24,25)26)28-21(31)16-11-18(30-9-10-33-13-19(16)30)22(32)29-8-4-5-14(29)2/h6-7,11-12,14,17H,3-5,8-10,13H2,1-2H3,(H,28,31)/t14?,17-/m1/s1. The number of nitrogens with zero attached hydrogens (tertiary/aromatic N) is 3. The monoisotopic (exact) mass is 464 g/mol. The number of rotatable bonds is 5. The van der Waals surface area contributed by atoms with Crippen molar-refractivity contribution in [3.05, 3.63) is 52.6 Å². The van der Waals surface area contributed by atoms with Gasteiger partial charge in [0.2, 0.25) is 0 Å². The minimum Gasteiger partial charge on any atom is -0.373 e. The van der Waals surface area contributed by atoms with Crippen molar-refractivity contribution in [2.75, 3.05) is 13.2 Å². The van der Waals surface area contributed by atoms with E-state index in [0.717, 1.165) is 25.1 Å². The summed E-state index contributed by atoms with van der Waals surface area (Å²) in [5.41, 5.74) is 0.949. The molecule has 2 aromatic rings. The maximum absolute atomic E-state index is 13.2. The maximum Gasteiger partial charge on any atom is 0.433 e. The Morgan fingerprint density at radius 2 is 2.09 bits per heavy atom. The van der Waals surface area contributed by atoms with E-state index in [2.05, 4.69) is 10.3 Å². The molecule has 0 saturated carbocycles. The van der Waals surface area contributed by atoms with Crippen LogP contribution in [0, 0.1) is 0 Å². The van der Waals surface area contributed by atoms with Crippen molar-refractivity contribution in [2.24, 2.45) is 0 Å². The van der Waals surface area contributed by atoms with E-state index in [1.807, 2.05) is 23.3 Å². The molecule has 0 aliphatic carbocycles. The maximum atomic E-state index is 13.2. The largest absolute Gasteiger partial charge is 0.433 e. The highest BCUT2D eigenvalue weighted by atomic mass is 19.4. The van der Waals surface area contributed by atoms with Gasteiger partial charge in [-0.2, -0.15) is 13.2 Å². The van der Waals surface area contributed by atoms with Gasteiger partial charge in [-0.25, -0.2) is 0 Å². The van der Waals surface area contributed by atoms with E-state index in [1.54, 1.807) is 6.07 Å². The molecular formula is C23H27F3N4O3. The molecule has 2 aliphatic rings. The molecule has 33 heavy (non-hydrogen) atoms. The molecule has 2 amide bonds. The van der Waals surface area contributed by atoms with Crippen molar-refractivity contribution in [3.8, 4) is 0 Å². The number of likely N-dealkylation sites (tertiary alicyclic amines) is 1. The summed E-state index contributed by atoms with van der Waals surface area (Å²) < 4.78 is 45.9. The number of pyridine rings is 1. The van der Waals surface area contributed by atoms with E-state index in [0.29, 0.717) is 48.6 Å². The fourth-order valence-corrected chi connectivity index (χ4v) is 4.52. The van der Waals surface area contributed by atoms with Crippen molar-refractivity contribution < 1.29 is 27.5 Å². The molecule has 2 atom stereocenters. The number of hydrogen-bond acceptors (Lipinski definition) is 4. The van der Waals surface area contributed by atoms with Gasteiger partial charge < -0.3 is 19.5 Å². The van der Waals surface area contributed by atoms with Crippen LogP contribution in [0.25, 0.3) is 0 Å². The molecule has 0 radical (unpaired) electrons. The highest BCUT2D eigenvalue weighted by Gasteiger charge is 2.34. The Morgan fingerprint density at radius 3 is 2.70 bits per heavy atom. The van der Waals surface area contributed by atoms with E-state index in [1.165, 1.54) is 6.07 Å². The summed E-state index contributed by atoms with van der Waals surface area (Å²) >= 11 is 0. The normalized spacial score (nSPS) is 19.3. The molecule has 1 fully saturated rings. The number of alkyl halides is 3. The van der Waals surface area contributed by atoms with Crippen LogP contribution in [-0.4, -0.2) is 45.5 Å². The van der Waals surface area contributed by atoms with Crippen LogP contribution < -0.4 is 5.32 Å². The summed E-state index contributed by atoms with van der Waals surface area (Å²) in [7, 11) is 0. The lowest BCUT2D eigenvalue weighted by atomic mass is 10.1. The van der Waals surface area contributed by atoms with E-state index >= 15 is 0 Å². The van der Waals surface area contributed by atoms with E-state index in [-0.39, 0.29) is 18.6 Å². The van der Waals surface area contributed by atoms with Crippen LogP contribution in [0.2, 0.25) is 0 Å². The molecule has 0 aromatic carbocycles. The molecule has 2 aromatic heterocycles. The first kappa shape index (κ1) is 23.3. The minimum atomic E-state index is -4.52. The Hall–Kier alpha value is -2.88. The Labute approximate surface area is 189 Å². The zero-order valence-corrected chi connectivity index (χ0v) is 18.6. The first-order valence-electron chi connectivity index (χ1n) is 11.2. The molecule has 1 N–H and O–H groups in total. The van der Waals surface area contributed by atoms with Gasteiger partial charge in [-0.1, -0.05) is 13.0 Å². The van der Waals surface area contributed by atoms with Crippen molar-refractivity contribution in [1.82, 2.24) is 19.8 Å². The van der Waals surface area contributed by atoms with Crippen LogP contribution >= 0.6 is 0 Å². The van der Waals surface area contributed by atoms with Gasteiger partial charge >= 0.3 is 6.18 Å². The SMILES string of the molecule is CC[C@@H](NC(=O)c1cc(C(=O)N2CCCC2C)n2c1COCC2)c1ccc(C(F)(F)F)nc1. The van der Waals surface area contributed by atoms with Gasteiger partial charge in [0, 0.05) is 25.3 Å². The molecule has 7 nitrogen and oxygen atoms in total. The van der Waals surface area contributed by atoms with Gasteiger partial charge in [0.1, 0.15) is 11.4 Å². The molecule has 2 aliphatic heterocycles. The molecule has 1 unspecified atom stereocenters. The zero-order chi connectivity index (χ0) is 23.8. The fourth-order valence-electron chi connectivity index (χ4n) is 4.52. The third-order valence-corrected chi connectivity index (χ3v) is 6.38. The predicted molar refractivity (Wildman–Crippen MR) is 114 cm³/mol. The number of carbonyl (C=O) groups excluding carboxylic acids is 2. The molecule has 0 bridgehead atoms. The molecule has 0 spiro atoms. The number of ether oxygens (including phenoxy) is 1. The van der Waals surface area contributed by atoms with Crippen LogP contribution in [0.5, 0.6) is 0 Å². The van der Waals surface area contributed by atoms with Gasteiger partial charge in [0.05, 0.1) is 30.5 Å². The molecule has 4 heterocycles. The number of nitrogens with one attached hydrogen (secondary N) is 1. The Morgan fingerprint density at radius 1 is 1.30 bits per heavy atom. The number of aromatic nitrogens is 2. The Bertz CT molecular complexity index is 1030. The van der Waals surface area contributed by atoms with Crippen LogP contribution in [0.1, 0.15) is 76.9 Å².